The fourth-order valence-corrected chi connectivity index (χ4v) is 2.29. The highest BCUT2D eigenvalue weighted by molar-refractivity contribution is 6.30. The number of H-pyrrole nitrogens is 1. The maximum Gasteiger partial charge on any atom is 0.422 e. The second-order valence-corrected chi connectivity index (χ2v) is 5.86. The predicted molar refractivity (Wildman–Crippen MR) is 94.5 cm³/mol. The molecule has 2 aromatic heterocycles. The highest BCUT2D eigenvalue weighted by atomic mass is 35.5. The van der Waals surface area contributed by atoms with Gasteiger partial charge >= 0.3 is 12.3 Å². The first-order valence-electron chi connectivity index (χ1n) is 7.74. The average Bonchev–Trinajstić information content (AvgIpc) is 3.13. The van der Waals surface area contributed by atoms with Crippen molar-refractivity contribution < 1.29 is 27.4 Å². The molecule has 1 aromatic carbocycles. The van der Waals surface area contributed by atoms with E-state index in [0.717, 1.165) is 6.20 Å². The third-order valence-electron chi connectivity index (χ3n) is 3.30. The van der Waals surface area contributed by atoms with Crippen LogP contribution >= 0.6 is 11.6 Å². The molecule has 0 bridgehead atoms. The van der Waals surface area contributed by atoms with E-state index in [9.17, 15) is 18.0 Å². The Kier molecular flexibility index (Phi) is 5.69. The van der Waals surface area contributed by atoms with Crippen molar-refractivity contribution in [2.45, 2.75) is 6.18 Å². The van der Waals surface area contributed by atoms with Gasteiger partial charge in [-0.15, -0.1) is 0 Å². The number of rotatable bonds is 5. The number of ether oxygens (including phenoxy) is 2. The van der Waals surface area contributed by atoms with Gasteiger partial charge in [0.2, 0.25) is 11.8 Å². The number of pyridine rings is 1. The fourth-order valence-electron chi connectivity index (χ4n) is 2.17. The van der Waals surface area contributed by atoms with Crippen LogP contribution in [-0.2, 0) is 0 Å². The van der Waals surface area contributed by atoms with Gasteiger partial charge in [0, 0.05) is 16.7 Å². The fraction of sp³-hybridized carbons (Fsp3) is 0.118. The summed E-state index contributed by atoms with van der Waals surface area (Å²) in [6, 6.07) is 9.16. The Morgan fingerprint density at radius 1 is 1.21 bits per heavy atom. The standard InChI is InChI=1S/C17H12ClF3N4O3/c18-11-3-1-10(2-4-11)13-7-12(8-22-15(13)27-9-17(19,20)21)24-16(26)28-14-5-6-23-25-14/h1-8H,9H2,(H,23,25)(H,24,26). The monoisotopic (exact) mass is 412 g/mol. The number of nitrogens with zero attached hydrogens (tertiary/aromatic N) is 2. The van der Waals surface area contributed by atoms with Crippen LogP contribution in [-0.4, -0.2) is 34.1 Å². The largest absolute Gasteiger partial charge is 0.468 e. The molecule has 0 radical (unpaired) electrons. The Labute approximate surface area is 161 Å². The number of hydrogen-bond acceptors (Lipinski definition) is 5. The van der Waals surface area contributed by atoms with E-state index in [4.69, 9.17) is 21.1 Å². The van der Waals surface area contributed by atoms with E-state index in [2.05, 4.69) is 20.5 Å². The minimum atomic E-state index is -4.52. The lowest BCUT2D eigenvalue weighted by molar-refractivity contribution is -0.154. The summed E-state index contributed by atoms with van der Waals surface area (Å²) in [6.07, 6.45) is -2.81. The minimum Gasteiger partial charge on any atom is -0.468 e. The molecule has 2 N–H and O–H groups in total. The van der Waals surface area contributed by atoms with Crippen molar-refractivity contribution >= 4 is 23.4 Å². The van der Waals surface area contributed by atoms with Gasteiger partial charge in [0.25, 0.3) is 0 Å². The number of benzene rings is 1. The van der Waals surface area contributed by atoms with Gasteiger partial charge in [-0.1, -0.05) is 23.7 Å². The van der Waals surface area contributed by atoms with Gasteiger partial charge in [0.1, 0.15) is 0 Å². The molecule has 7 nitrogen and oxygen atoms in total. The molecule has 0 aliphatic carbocycles. The summed E-state index contributed by atoms with van der Waals surface area (Å²) >= 11 is 5.85. The van der Waals surface area contributed by atoms with Crippen LogP contribution in [0.5, 0.6) is 11.8 Å². The highest BCUT2D eigenvalue weighted by Crippen LogP contribution is 2.32. The van der Waals surface area contributed by atoms with Crippen LogP contribution in [0.15, 0.2) is 48.8 Å². The van der Waals surface area contributed by atoms with Crippen LogP contribution in [0.1, 0.15) is 0 Å². The molecule has 28 heavy (non-hydrogen) atoms. The number of aromatic nitrogens is 3. The quantitative estimate of drug-likeness (QED) is 0.635. The molecular weight excluding hydrogens is 401 g/mol. The van der Waals surface area contributed by atoms with Crippen LogP contribution in [0.4, 0.5) is 23.7 Å². The molecular formula is C17H12ClF3N4O3. The highest BCUT2D eigenvalue weighted by Gasteiger charge is 2.29. The molecule has 0 aliphatic rings. The summed E-state index contributed by atoms with van der Waals surface area (Å²) in [5.74, 6) is -0.124. The topological polar surface area (TPSA) is 89.1 Å². The summed E-state index contributed by atoms with van der Waals surface area (Å²) in [7, 11) is 0. The van der Waals surface area contributed by atoms with Crippen molar-refractivity contribution in [2.75, 3.05) is 11.9 Å². The van der Waals surface area contributed by atoms with Gasteiger partial charge in [-0.25, -0.2) is 14.9 Å². The van der Waals surface area contributed by atoms with Crippen molar-refractivity contribution in [2.24, 2.45) is 0 Å². The van der Waals surface area contributed by atoms with Gasteiger partial charge < -0.3 is 9.47 Å². The van der Waals surface area contributed by atoms with Crippen molar-refractivity contribution in [1.29, 1.82) is 0 Å². The van der Waals surface area contributed by atoms with Gasteiger partial charge in [-0.3, -0.25) is 5.32 Å². The Morgan fingerprint density at radius 2 is 1.96 bits per heavy atom. The number of nitrogens with one attached hydrogen (secondary N) is 2. The molecule has 0 unspecified atom stereocenters. The number of halogens is 4. The summed E-state index contributed by atoms with van der Waals surface area (Å²) in [5, 5.41) is 8.96. The average molecular weight is 413 g/mol. The molecule has 2 heterocycles. The molecule has 0 aliphatic heterocycles. The third kappa shape index (κ3) is 5.36. The molecule has 1 amide bonds. The number of anilines is 1. The van der Waals surface area contributed by atoms with E-state index in [0.29, 0.717) is 10.6 Å². The van der Waals surface area contributed by atoms with Gasteiger partial charge in [-0.05, 0) is 23.8 Å². The molecule has 3 rings (SSSR count). The van der Waals surface area contributed by atoms with Crippen molar-refractivity contribution in [3.63, 3.8) is 0 Å². The first-order valence-corrected chi connectivity index (χ1v) is 8.12. The Morgan fingerprint density at radius 3 is 2.61 bits per heavy atom. The Bertz CT molecular complexity index is 947. The molecule has 0 atom stereocenters. The lowest BCUT2D eigenvalue weighted by atomic mass is 10.1. The van der Waals surface area contributed by atoms with E-state index < -0.39 is 18.9 Å². The summed E-state index contributed by atoms with van der Waals surface area (Å²) < 4.78 is 47.3. The first kappa shape index (κ1) is 19.5. The maximum absolute atomic E-state index is 12.5. The summed E-state index contributed by atoms with van der Waals surface area (Å²) in [4.78, 5) is 15.8. The third-order valence-corrected chi connectivity index (χ3v) is 3.56. The van der Waals surface area contributed by atoms with Crippen LogP contribution in [0.3, 0.4) is 0 Å². The normalized spacial score (nSPS) is 11.1. The van der Waals surface area contributed by atoms with E-state index in [-0.39, 0.29) is 23.0 Å². The van der Waals surface area contributed by atoms with E-state index in [1.807, 2.05) is 0 Å². The molecule has 0 fully saturated rings. The number of alkyl halides is 3. The maximum atomic E-state index is 12.5. The van der Waals surface area contributed by atoms with Crippen LogP contribution in [0.25, 0.3) is 11.1 Å². The van der Waals surface area contributed by atoms with Crippen molar-refractivity contribution in [3.8, 4) is 22.9 Å². The predicted octanol–water partition coefficient (Wildman–Crippen LogP) is 4.68. The lowest BCUT2D eigenvalue weighted by Crippen LogP contribution is -2.20. The van der Waals surface area contributed by atoms with Crippen LogP contribution < -0.4 is 14.8 Å². The Balaban J connectivity index is 1.85. The summed E-state index contributed by atoms with van der Waals surface area (Å²) in [6.45, 7) is -1.50. The minimum absolute atomic E-state index is 0.119. The number of carbonyl (C=O) groups is 1. The molecule has 3 aromatic rings. The lowest BCUT2D eigenvalue weighted by Gasteiger charge is -2.14. The van der Waals surface area contributed by atoms with Gasteiger partial charge in [0.05, 0.1) is 18.1 Å². The zero-order chi connectivity index (χ0) is 20.1. The SMILES string of the molecule is O=C(Nc1cnc(OCC(F)(F)F)c(-c2ccc(Cl)cc2)c1)Oc1ccn[nH]1. The molecule has 0 saturated heterocycles. The Hall–Kier alpha value is -3.27. The molecule has 146 valence electrons. The van der Waals surface area contributed by atoms with Crippen molar-refractivity contribution in [1.82, 2.24) is 15.2 Å². The second-order valence-electron chi connectivity index (χ2n) is 5.42. The second kappa shape index (κ2) is 8.17. The van der Waals surface area contributed by atoms with Crippen molar-refractivity contribution in [3.05, 3.63) is 53.8 Å². The van der Waals surface area contributed by atoms with E-state index in [1.165, 1.54) is 18.3 Å². The van der Waals surface area contributed by atoms with Crippen LogP contribution in [0, 0.1) is 0 Å². The molecule has 0 saturated carbocycles. The smallest absolute Gasteiger partial charge is 0.422 e. The zero-order valence-electron chi connectivity index (χ0n) is 14.0. The number of aromatic amines is 1. The van der Waals surface area contributed by atoms with E-state index >= 15 is 0 Å². The number of amides is 1. The first-order chi connectivity index (χ1) is 13.3. The molecule has 0 spiro atoms. The number of hydrogen-bond donors (Lipinski definition) is 2. The zero-order valence-corrected chi connectivity index (χ0v) is 14.7. The van der Waals surface area contributed by atoms with Gasteiger partial charge in [-0.2, -0.15) is 18.3 Å². The van der Waals surface area contributed by atoms with E-state index in [1.54, 1.807) is 24.3 Å². The number of carbonyl (C=O) groups excluding carboxylic acids is 1. The summed E-state index contributed by atoms with van der Waals surface area (Å²) in [5.41, 5.74) is 0.925. The van der Waals surface area contributed by atoms with Crippen LogP contribution in [0.2, 0.25) is 5.02 Å². The molecule has 11 heteroatoms. The van der Waals surface area contributed by atoms with Gasteiger partial charge in [0.15, 0.2) is 6.61 Å².